The molecule has 0 aliphatic heterocycles. The average molecular weight is 298 g/mol. The van der Waals surface area contributed by atoms with E-state index in [1.807, 2.05) is 11.7 Å². The normalized spacial score (nSPS) is 11.9. The third kappa shape index (κ3) is 2.83. The summed E-state index contributed by atoms with van der Waals surface area (Å²) < 4.78 is 4.22. The zero-order chi connectivity index (χ0) is 14.7. The van der Waals surface area contributed by atoms with Crippen molar-refractivity contribution in [2.75, 3.05) is 26.0 Å². The number of likely N-dealkylation sites (N-methyl/N-ethyl adjacent to an activating group) is 1. The van der Waals surface area contributed by atoms with Crippen molar-refractivity contribution in [1.82, 2.24) is 24.2 Å². The maximum absolute atomic E-state index is 5.92. The molecule has 6 heteroatoms. The van der Waals surface area contributed by atoms with Gasteiger partial charge in [-0.25, -0.2) is 4.98 Å². The monoisotopic (exact) mass is 297 g/mol. The predicted molar refractivity (Wildman–Crippen MR) is 83.5 cm³/mol. The quantitative estimate of drug-likeness (QED) is 0.735. The van der Waals surface area contributed by atoms with E-state index >= 15 is 0 Å². The number of nitrogens with zero attached hydrogens (tertiary/aromatic N) is 5. The van der Waals surface area contributed by atoms with E-state index in [4.69, 9.17) is 16.6 Å². The van der Waals surface area contributed by atoms with Crippen molar-refractivity contribution in [3.05, 3.63) is 11.5 Å². The highest BCUT2D eigenvalue weighted by atomic mass is 35.5. The van der Waals surface area contributed by atoms with Crippen molar-refractivity contribution in [2.24, 2.45) is 7.05 Å². The molecule has 0 saturated heterocycles. The second-order valence-electron chi connectivity index (χ2n) is 5.11. The Kier molecular flexibility index (Phi) is 5.05. The van der Waals surface area contributed by atoms with Gasteiger partial charge in [0, 0.05) is 32.4 Å². The molecule has 0 saturated carbocycles. The van der Waals surface area contributed by atoms with E-state index in [-0.39, 0.29) is 0 Å². The highest BCUT2D eigenvalue weighted by Gasteiger charge is 2.18. The minimum atomic E-state index is 0.599. The molecule has 0 unspecified atom stereocenters. The molecule has 2 rings (SSSR count). The fraction of sp³-hybridized carbons (Fsp3) is 0.714. The summed E-state index contributed by atoms with van der Waals surface area (Å²) in [6.07, 6.45) is 1.71. The maximum atomic E-state index is 5.92. The van der Waals surface area contributed by atoms with E-state index in [1.54, 1.807) is 0 Å². The van der Waals surface area contributed by atoms with Crippen LogP contribution in [0.15, 0.2) is 0 Å². The first-order valence-electron chi connectivity index (χ1n) is 7.27. The van der Waals surface area contributed by atoms with Crippen LogP contribution in [0.2, 0.25) is 0 Å². The van der Waals surface area contributed by atoms with E-state index in [0.29, 0.717) is 5.88 Å². The summed E-state index contributed by atoms with van der Waals surface area (Å²) in [4.78, 5) is 7.07. The lowest BCUT2D eigenvalue weighted by molar-refractivity contribution is 0.334. The molecule has 2 heterocycles. The molecule has 0 bridgehead atoms. The number of hydrogen-bond acceptors (Lipinski definition) is 3. The molecular formula is C14H24ClN5. The van der Waals surface area contributed by atoms with E-state index in [0.717, 1.165) is 55.2 Å². The summed E-state index contributed by atoms with van der Waals surface area (Å²) in [5.41, 5.74) is 3.22. The lowest BCUT2D eigenvalue weighted by Crippen LogP contribution is -2.24. The van der Waals surface area contributed by atoms with Crippen molar-refractivity contribution in [2.45, 2.75) is 33.2 Å². The molecular weight excluding hydrogens is 274 g/mol. The van der Waals surface area contributed by atoms with Crippen molar-refractivity contribution in [1.29, 1.82) is 0 Å². The molecule has 0 aliphatic rings. The van der Waals surface area contributed by atoms with E-state index in [9.17, 15) is 0 Å². The van der Waals surface area contributed by atoms with Crippen LogP contribution in [-0.2, 0) is 26.4 Å². The second kappa shape index (κ2) is 6.59. The number of rotatable bonds is 7. The van der Waals surface area contributed by atoms with Gasteiger partial charge in [0.1, 0.15) is 11.3 Å². The predicted octanol–water partition coefficient (Wildman–Crippen LogP) is 2.07. The third-order valence-electron chi connectivity index (χ3n) is 3.77. The standard InChI is InChI=1S/C14H24ClN5/c1-5-11-13-14(19(4)17-11)20(10-9-18(3)6-2)12(16-13)7-8-15/h5-10H2,1-4H3. The first-order valence-corrected chi connectivity index (χ1v) is 7.81. The summed E-state index contributed by atoms with van der Waals surface area (Å²) in [6.45, 7) is 7.27. The molecule has 0 fully saturated rings. The minimum Gasteiger partial charge on any atom is -0.312 e. The third-order valence-corrected chi connectivity index (χ3v) is 3.96. The lowest BCUT2D eigenvalue weighted by atomic mass is 10.3. The van der Waals surface area contributed by atoms with Crippen LogP contribution in [0.4, 0.5) is 0 Å². The SMILES string of the molecule is CCc1nn(C)c2c1nc(CCCl)n2CCN(C)CC. The van der Waals surface area contributed by atoms with Gasteiger partial charge in [-0.15, -0.1) is 11.6 Å². The van der Waals surface area contributed by atoms with Crippen molar-refractivity contribution in [3.63, 3.8) is 0 Å². The van der Waals surface area contributed by atoms with Gasteiger partial charge in [-0.05, 0) is 20.0 Å². The molecule has 2 aromatic heterocycles. The molecule has 112 valence electrons. The Balaban J connectivity index is 2.42. The molecule has 2 aromatic rings. The molecule has 0 N–H and O–H groups in total. The fourth-order valence-corrected chi connectivity index (χ4v) is 2.63. The molecule has 0 atom stereocenters. The number of halogens is 1. The number of fused-ring (bicyclic) bond motifs is 1. The Morgan fingerprint density at radius 3 is 2.65 bits per heavy atom. The van der Waals surface area contributed by atoms with Gasteiger partial charge in [0.15, 0.2) is 5.65 Å². The van der Waals surface area contributed by atoms with Gasteiger partial charge in [-0.1, -0.05) is 13.8 Å². The molecule has 0 amide bonds. The summed E-state index contributed by atoms with van der Waals surface area (Å²) in [7, 11) is 4.13. The Bertz CT molecular complexity index is 572. The first kappa shape index (κ1) is 15.3. The van der Waals surface area contributed by atoms with Crippen LogP contribution in [0.5, 0.6) is 0 Å². The van der Waals surface area contributed by atoms with Crippen molar-refractivity contribution >= 4 is 22.8 Å². The van der Waals surface area contributed by atoms with Gasteiger partial charge < -0.3 is 9.47 Å². The Morgan fingerprint density at radius 1 is 1.30 bits per heavy atom. The van der Waals surface area contributed by atoms with Gasteiger partial charge >= 0.3 is 0 Å². The first-order chi connectivity index (χ1) is 9.62. The van der Waals surface area contributed by atoms with E-state index < -0.39 is 0 Å². The van der Waals surface area contributed by atoms with Crippen LogP contribution in [-0.4, -0.2) is 50.2 Å². The molecule has 0 radical (unpaired) electrons. The zero-order valence-electron chi connectivity index (χ0n) is 12.9. The number of alkyl halides is 1. The molecule has 0 aromatic carbocycles. The van der Waals surface area contributed by atoms with Crippen LogP contribution in [0.1, 0.15) is 25.4 Å². The molecule has 0 spiro atoms. The highest BCUT2D eigenvalue weighted by Crippen LogP contribution is 2.20. The summed E-state index contributed by atoms with van der Waals surface area (Å²) in [6, 6.07) is 0. The summed E-state index contributed by atoms with van der Waals surface area (Å²) in [5.74, 6) is 1.67. The van der Waals surface area contributed by atoms with Crippen molar-refractivity contribution < 1.29 is 0 Å². The van der Waals surface area contributed by atoms with Crippen LogP contribution >= 0.6 is 11.6 Å². The summed E-state index contributed by atoms with van der Waals surface area (Å²) >= 11 is 5.92. The van der Waals surface area contributed by atoms with E-state index in [1.165, 1.54) is 0 Å². The highest BCUT2D eigenvalue weighted by molar-refractivity contribution is 6.17. The van der Waals surface area contributed by atoms with Gasteiger partial charge in [-0.3, -0.25) is 4.68 Å². The van der Waals surface area contributed by atoms with Gasteiger partial charge in [0.05, 0.1) is 5.69 Å². The van der Waals surface area contributed by atoms with Gasteiger partial charge in [0.25, 0.3) is 0 Å². The van der Waals surface area contributed by atoms with Crippen LogP contribution in [0.25, 0.3) is 11.2 Å². The topological polar surface area (TPSA) is 38.9 Å². The van der Waals surface area contributed by atoms with Gasteiger partial charge in [0.2, 0.25) is 0 Å². The Morgan fingerprint density at radius 2 is 2.05 bits per heavy atom. The van der Waals surface area contributed by atoms with Crippen LogP contribution in [0, 0.1) is 0 Å². The smallest absolute Gasteiger partial charge is 0.158 e. The lowest BCUT2D eigenvalue weighted by Gasteiger charge is -2.16. The van der Waals surface area contributed by atoms with Crippen LogP contribution < -0.4 is 0 Å². The molecule has 5 nitrogen and oxygen atoms in total. The van der Waals surface area contributed by atoms with E-state index in [2.05, 4.69) is 35.5 Å². The maximum Gasteiger partial charge on any atom is 0.158 e. The second-order valence-corrected chi connectivity index (χ2v) is 5.49. The van der Waals surface area contributed by atoms with Crippen LogP contribution in [0.3, 0.4) is 0 Å². The number of hydrogen-bond donors (Lipinski definition) is 0. The number of aromatic nitrogens is 4. The zero-order valence-corrected chi connectivity index (χ0v) is 13.6. The molecule has 0 aliphatic carbocycles. The minimum absolute atomic E-state index is 0.599. The Hall–Kier alpha value is -1.07. The van der Waals surface area contributed by atoms with Crippen molar-refractivity contribution in [3.8, 4) is 0 Å². The van der Waals surface area contributed by atoms with Gasteiger partial charge in [-0.2, -0.15) is 5.10 Å². The number of imidazole rings is 1. The number of aryl methyl sites for hydroxylation is 3. The largest absolute Gasteiger partial charge is 0.312 e. The average Bonchev–Trinajstić information content (AvgIpc) is 2.94. The fourth-order valence-electron chi connectivity index (χ4n) is 2.46. The molecule has 20 heavy (non-hydrogen) atoms. The summed E-state index contributed by atoms with van der Waals surface area (Å²) in [5, 5.41) is 4.56. The Labute approximate surface area is 125 Å².